The highest BCUT2D eigenvalue weighted by Crippen LogP contribution is 2.29. The van der Waals surface area contributed by atoms with Crippen LogP contribution >= 0.6 is 0 Å². The number of amides is 2. The van der Waals surface area contributed by atoms with Crippen LogP contribution in [-0.2, 0) is 38.3 Å². The summed E-state index contributed by atoms with van der Waals surface area (Å²) >= 11 is 0. The van der Waals surface area contributed by atoms with E-state index < -0.39 is 47.4 Å². The molecule has 10 heteroatoms. The van der Waals surface area contributed by atoms with Crippen molar-refractivity contribution >= 4 is 18.0 Å². The van der Waals surface area contributed by atoms with Crippen LogP contribution in [0.5, 0.6) is 0 Å². The molecule has 2 atom stereocenters. The van der Waals surface area contributed by atoms with Crippen LogP contribution in [0.3, 0.4) is 0 Å². The molecule has 0 aliphatic heterocycles. The highest BCUT2D eigenvalue weighted by Gasteiger charge is 2.30. The Labute approximate surface area is 208 Å². The third-order valence-corrected chi connectivity index (χ3v) is 4.95. The number of carbonyl (C=O) groups is 3. The summed E-state index contributed by atoms with van der Waals surface area (Å²) in [5.41, 5.74) is -0.268. The van der Waals surface area contributed by atoms with Gasteiger partial charge in [-0.2, -0.15) is 13.2 Å². The number of halogens is 3. The largest absolute Gasteiger partial charge is 0.459 e. The summed E-state index contributed by atoms with van der Waals surface area (Å²) in [7, 11) is 0. The first kappa shape index (κ1) is 28.7. The zero-order chi connectivity index (χ0) is 26.9. The summed E-state index contributed by atoms with van der Waals surface area (Å²) in [5, 5.41) is 4.99. The summed E-state index contributed by atoms with van der Waals surface area (Å²) in [6, 6.07) is 11.4. The maximum absolute atomic E-state index is 12.9. The lowest BCUT2D eigenvalue weighted by atomic mass is 10.0. The molecule has 196 valence electrons. The molecule has 0 heterocycles. The SMILES string of the molecule is CC(NC(=O)C(CCc1ccc(C(F)(F)F)cc1)NC(=O)OC(C)(C)C)C(=O)OCc1ccccc1. The fraction of sp³-hybridized carbons (Fsp3) is 0.423. The lowest BCUT2D eigenvalue weighted by Gasteiger charge is -2.24. The third-order valence-electron chi connectivity index (χ3n) is 4.95. The molecule has 2 aromatic carbocycles. The van der Waals surface area contributed by atoms with Crippen molar-refractivity contribution < 1.29 is 37.0 Å². The molecular weight excluding hydrogens is 477 g/mol. The molecule has 2 aromatic rings. The van der Waals surface area contributed by atoms with Crippen LogP contribution in [-0.4, -0.2) is 35.7 Å². The van der Waals surface area contributed by atoms with Crippen molar-refractivity contribution in [3.05, 3.63) is 71.3 Å². The molecule has 7 nitrogen and oxygen atoms in total. The number of carbonyl (C=O) groups excluding carboxylic acids is 3. The molecule has 0 aliphatic carbocycles. The number of alkyl carbamates (subject to hydrolysis) is 1. The highest BCUT2D eigenvalue weighted by atomic mass is 19.4. The minimum atomic E-state index is -4.45. The smallest absolute Gasteiger partial charge is 0.416 e. The Morgan fingerprint density at radius 3 is 2.06 bits per heavy atom. The number of alkyl halides is 3. The van der Waals surface area contributed by atoms with Crippen LogP contribution in [0.2, 0.25) is 0 Å². The fourth-order valence-electron chi connectivity index (χ4n) is 3.12. The van der Waals surface area contributed by atoms with Crippen molar-refractivity contribution in [2.75, 3.05) is 0 Å². The number of nitrogens with one attached hydrogen (secondary N) is 2. The van der Waals surface area contributed by atoms with E-state index in [9.17, 15) is 27.6 Å². The molecule has 2 unspecified atom stereocenters. The Balaban J connectivity index is 2.02. The summed E-state index contributed by atoms with van der Waals surface area (Å²) in [6.45, 7) is 6.47. The summed E-state index contributed by atoms with van der Waals surface area (Å²) in [6.07, 6.45) is -5.04. The first-order chi connectivity index (χ1) is 16.7. The number of ether oxygens (including phenoxy) is 2. The average Bonchev–Trinajstić information content (AvgIpc) is 2.79. The van der Waals surface area contributed by atoms with Gasteiger partial charge in [-0.25, -0.2) is 9.59 Å². The minimum Gasteiger partial charge on any atom is -0.459 e. The van der Waals surface area contributed by atoms with Crippen LogP contribution in [0.4, 0.5) is 18.0 Å². The van der Waals surface area contributed by atoms with Crippen LogP contribution in [0.15, 0.2) is 54.6 Å². The van der Waals surface area contributed by atoms with Gasteiger partial charge in [-0.1, -0.05) is 42.5 Å². The molecule has 36 heavy (non-hydrogen) atoms. The zero-order valence-corrected chi connectivity index (χ0v) is 20.6. The summed E-state index contributed by atoms with van der Waals surface area (Å²) in [4.78, 5) is 37.5. The van der Waals surface area contributed by atoms with E-state index >= 15 is 0 Å². The van der Waals surface area contributed by atoms with E-state index in [0.29, 0.717) is 5.56 Å². The quantitative estimate of drug-likeness (QED) is 0.476. The van der Waals surface area contributed by atoms with E-state index in [-0.39, 0.29) is 19.4 Å². The van der Waals surface area contributed by atoms with E-state index in [2.05, 4.69) is 10.6 Å². The molecular formula is C26H31F3N2O5. The van der Waals surface area contributed by atoms with Gasteiger partial charge < -0.3 is 20.1 Å². The van der Waals surface area contributed by atoms with Crippen molar-refractivity contribution in [2.45, 2.75) is 71.0 Å². The second-order valence-electron chi connectivity index (χ2n) is 9.26. The van der Waals surface area contributed by atoms with Crippen molar-refractivity contribution in [1.29, 1.82) is 0 Å². The van der Waals surface area contributed by atoms with Gasteiger partial charge in [0, 0.05) is 0 Å². The second-order valence-corrected chi connectivity index (χ2v) is 9.26. The predicted octanol–water partition coefficient (Wildman–Crippen LogP) is 4.78. The zero-order valence-electron chi connectivity index (χ0n) is 20.6. The van der Waals surface area contributed by atoms with E-state index in [1.165, 1.54) is 19.1 Å². The van der Waals surface area contributed by atoms with Gasteiger partial charge in [0.05, 0.1) is 5.56 Å². The van der Waals surface area contributed by atoms with Crippen LogP contribution in [0, 0.1) is 0 Å². The Morgan fingerprint density at radius 1 is 0.889 bits per heavy atom. The topological polar surface area (TPSA) is 93.7 Å². The number of benzene rings is 2. The van der Waals surface area contributed by atoms with Crippen molar-refractivity contribution in [1.82, 2.24) is 10.6 Å². The normalized spacial score (nSPS) is 13.3. The molecule has 0 spiro atoms. The first-order valence-electron chi connectivity index (χ1n) is 11.4. The standard InChI is InChI=1S/C26H31F3N2O5/c1-17(23(33)35-16-19-8-6-5-7-9-19)30-22(32)21(31-24(34)36-25(2,3)4)15-12-18-10-13-20(14-11-18)26(27,28)29/h5-11,13-14,17,21H,12,15-16H2,1-4H3,(H,30,32)(H,31,34). The molecule has 0 fully saturated rings. The van der Waals surface area contributed by atoms with Crippen LogP contribution < -0.4 is 10.6 Å². The molecule has 0 radical (unpaired) electrons. The lowest BCUT2D eigenvalue weighted by Crippen LogP contribution is -2.52. The Morgan fingerprint density at radius 2 is 1.50 bits per heavy atom. The van der Waals surface area contributed by atoms with E-state index in [4.69, 9.17) is 9.47 Å². The maximum Gasteiger partial charge on any atom is 0.416 e. The summed E-state index contributed by atoms with van der Waals surface area (Å²) in [5.74, 6) is -1.32. The van der Waals surface area contributed by atoms with E-state index in [1.54, 1.807) is 45.0 Å². The van der Waals surface area contributed by atoms with Gasteiger partial charge in [-0.05, 0) is 63.8 Å². The van der Waals surface area contributed by atoms with Gasteiger partial charge in [-0.3, -0.25) is 4.79 Å². The molecule has 0 saturated carbocycles. The minimum absolute atomic E-state index is 0.0351. The fourth-order valence-corrected chi connectivity index (χ4v) is 3.12. The number of esters is 1. The van der Waals surface area contributed by atoms with Crippen LogP contribution in [0.25, 0.3) is 0 Å². The van der Waals surface area contributed by atoms with Crippen LogP contribution in [0.1, 0.15) is 50.8 Å². The van der Waals surface area contributed by atoms with Gasteiger partial charge in [-0.15, -0.1) is 0 Å². The Bertz CT molecular complexity index is 1020. The molecule has 0 bridgehead atoms. The first-order valence-corrected chi connectivity index (χ1v) is 11.4. The van der Waals surface area contributed by atoms with Gasteiger partial charge in [0.25, 0.3) is 0 Å². The Hall–Kier alpha value is -3.56. The number of rotatable bonds is 9. The maximum atomic E-state index is 12.9. The Kier molecular flexibility index (Phi) is 9.89. The van der Waals surface area contributed by atoms with Gasteiger partial charge in [0.15, 0.2) is 0 Å². The van der Waals surface area contributed by atoms with Gasteiger partial charge in [0.1, 0.15) is 24.3 Å². The summed E-state index contributed by atoms with van der Waals surface area (Å²) < 4.78 is 48.9. The van der Waals surface area contributed by atoms with Crippen molar-refractivity contribution in [2.24, 2.45) is 0 Å². The van der Waals surface area contributed by atoms with Crippen molar-refractivity contribution in [3.8, 4) is 0 Å². The number of hydrogen-bond donors (Lipinski definition) is 2. The monoisotopic (exact) mass is 508 g/mol. The van der Waals surface area contributed by atoms with Crippen molar-refractivity contribution in [3.63, 3.8) is 0 Å². The number of aryl methyl sites for hydroxylation is 1. The molecule has 2 amide bonds. The molecule has 2 rings (SSSR count). The number of hydrogen-bond acceptors (Lipinski definition) is 5. The second kappa shape index (κ2) is 12.4. The molecule has 0 saturated heterocycles. The molecule has 0 aliphatic rings. The highest BCUT2D eigenvalue weighted by molar-refractivity contribution is 5.89. The third kappa shape index (κ3) is 9.97. The molecule has 0 aromatic heterocycles. The van der Waals surface area contributed by atoms with E-state index in [0.717, 1.165) is 17.7 Å². The van der Waals surface area contributed by atoms with Gasteiger partial charge in [0.2, 0.25) is 5.91 Å². The average molecular weight is 509 g/mol. The molecule has 2 N–H and O–H groups in total. The lowest BCUT2D eigenvalue weighted by molar-refractivity contribution is -0.148. The van der Waals surface area contributed by atoms with Gasteiger partial charge >= 0.3 is 18.2 Å². The van der Waals surface area contributed by atoms with E-state index in [1.807, 2.05) is 6.07 Å². The predicted molar refractivity (Wildman–Crippen MR) is 127 cm³/mol.